The van der Waals surface area contributed by atoms with Crippen LogP contribution in [0.3, 0.4) is 0 Å². The van der Waals surface area contributed by atoms with Crippen LogP contribution >= 0.6 is 0 Å². The standard InChI is InChI=1S/C20H32N6O4/c1-20(2,3)17(19(30)25-12-14(27)9-15(25)18(29)21-4)26-11-13(22-23-26)10-24-8-6-5-7-16(24)28/h11,14-15,17,27H,5-10,12H2,1-4H3,(H,21,29)/t14-,15+,17-/m1/s1. The number of nitrogens with zero attached hydrogens (tertiary/aromatic N) is 5. The summed E-state index contributed by atoms with van der Waals surface area (Å²) < 4.78 is 1.53. The summed E-state index contributed by atoms with van der Waals surface area (Å²) in [7, 11) is 1.52. The summed E-state index contributed by atoms with van der Waals surface area (Å²) in [5.74, 6) is -0.465. The van der Waals surface area contributed by atoms with Crippen molar-refractivity contribution in [3.05, 3.63) is 11.9 Å². The number of β-amino-alcohol motifs (C(OH)–C–C–N with tert-alkyl or cyclic N) is 1. The third-order valence-corrected chi connectivity index (χ3v) is 5.76. The maximum Gasteiger partial charge on any atom is 0.248 e. The SMILES string of the molecule is CNC(=O)[C@@H]1C[C@@H](O)CN1C(=O)[C@@H](n1cc(CN2CCCCC2=O)nn1)C(C)(C)C. The number of aliphatic hydroxyl groups is 1. The third-order valence-electron chi connectivity index (χ3n) is 5.76. The average Bonchev–Trinajstić information content (AvgIpc) is 3.28. The largest absolute Gasteiger partial charge is 0.391 e. The van der Waals surface area contributed by atoms with Crippen LogP contribution in [0, 0.1) is 5.41 Å². The Labute approximate surface area is 176 Å². The number of aromatic nitrogens is 3. The number of piperidine rings is 1. The van der Waals surface area contributed by atoms with Gasteiger partial charge in [-0.3, -0.25) is 14.4 Å². The van der Waals surface area contributed by atoms with Crippen LogP contribution in [0.5, 0.6) is 0 Å². The predicted octanol–water partition coefficient (Wildman–Crippen LogP) is 0.0856. The van der Waals surface area contributed by atoms with Crippen LogP contribution in [0.4, 0.5) is 0 Å². The lowest BCUT2D eigenvalue weighted by molar-refractivity contribution is -0.144. The zero-order valence-corrected chi connectivity index (χ0v) is 18.2. The summed E-state index contributed by atoms with van der Waals surface area (Å²) >= 11 is 0. The number of hydrogen-bond acceptors (Lipinski definition) is 6. The van der Waals surface area contributed by atoms with Crippen molar-refractivity contribution >= 4 is 17.7 Å². The minimum absolute atomic E-state index is 0.104. The van der Waals surface area contributed by atoms with E-state index in [0.29, 0.717) is 25.2 Å². The molecule has 0 spiro atoms. The van der Waals surface area contributed by atoms with E-state index in [0.717, 1.165) is 12.8 Å². The molecular formula is C20H32N6O4. The van der Waals surface area contributed by atoms with Crippen molar-refractivity contribution in [1.29, 1.82) is 0 Å². The monoisotopic (exact) mass is 420 g/mol. The second kappa shape index (κ2) is 8.71. The Bertz CT molecular complexity index is 801. The fourth-order valence-electron chi connectivity index (χ4n) is 4.25. The van der Waals surface area contributed by atoms with E-state index in [1.54, 1.807) is 11.1 Å². The molecule has 1 aromatic rings. The minimum Gasteiger partial charge on any atom is -0.391 e. The first-order valence-electron chi connectivity index (χ1n) is 10.5. The maximum atomic E-state index is 13.5. The van der Waals surface area contributed by atoms with Crippen molar-refractivity contribution in [3.63, 3.8) is 0 Å². The van der Waals surface area contributed by atoms with Gasteiger partial charge in [0.2, 0.25) is 17.7 Å². The summed E-state index contributed by atoms with van der Waals surface area (Å²) in [6, 6.07) is -1.41. The molecule has 0 bridgehead atoms. The molecule has 0 unspecified atom stereocenters. The van der Waals surface area contributed by atoms with Crippen LogP contribution in [0.15, 0.2) is 6.20 Å². The van der Waals surface area contributed by atoms with Gasteiger partial charge in [0.25, 0.3) is 0 Å². The van der Waals surface area contributed by atoms with E-state index in [9.17, 15) is 19.5 Å². The summed E-state index contributed by atoms with van der Waals surface area (Å²) in [6.07, 6.45) is 3.61. The topological polar surface area (TPSA) is 121 Å². The Morgan fingerprint density at radius 3 is 2.70 bits per heavy atom. The smallest absolute Gasteiger partial charge is 0.248 e. The molecule has 10 nitrogen and oxygen atoms in total. The molecule has 0 saturated carbocycles. The average molecular weight is 421 g/mol. The Morgan fingerprint density at radius 2 is 2.07 bits per heavy atom. The molecule has 3 amide bonds. The first-order valence-corrected chi connectivity index (χ1v) is 10.5. The van der Waals surface area contributed by atoms with E-state index in [2.05, 4.69) is 15.6 Å². The molecular weight excluding hydrogens is 388 g/mol. The van der Waals surface area contributed by atoms with Gasteiger partial charge in [-0.1, -0.05) is 26.0 Å². The van der Waals surface area contributed by atoms with Gasteiger partial charge in [0.15, 0.2) is 0 Å². The molecule has 2 saturated heterocycles. The lowest BCUT2D eigenvalue weighted by Crippen LogP contribution is -2.49. The second-order valence-corrected chi connectivity index (χ2v) is 9.24. The molecule has 2 aliphatic heterocycles. The van der Waals surface area contributed by atoms with Crippen molar-refractivity contribution in [2.75, 3.05) is 20.1 Å². The summed E-state index contributed by atoms with van der Waals surface area (Å²) in [4.78, 5) is 41.0. The Kier molecular flexibility index (Phi) is 6.44. The van der Waals surface area contributed by atoms with Gasteiger partial charge in [0.05, 0.1) is 18.8 Å². The van der Waals surface area contributed by atoms with Gasteiger partial charge in [-0.25, -0.2) is 4.68 Å². The van der Waals surface area contributed by atoms with Crippen molar-refractivity contribution < 1.29 is 19.5 Å². The van der Waals surface area contributed by atoms with Gasteiger partial charge in [-0.2, -0.15) is 0 Å². The Morgan fingerprint density at radius 1 is 1.33 bits per heavy atom. The van der Waals surface area contributed by atoms with Gasteiger partial charge in [0.1, 0.15) is 17.8 Å². The van der Waals surface area contributed by atoms with Crippen LogP contribution in [0.1, 0.15) is 58.2 Å². The maximum absolute atomic E-state index is 13.5. The van der Waals surface area contributed by atoms with E-state index in [1.807, 2.05) is 20.8 Å². The molecule has 0 aromatic carbocycles. The summed E-state index contributed by atoms with van der Waals surface area (Å²) in [6.45, 7) is 6.94. The third kappa shape index (κ3) is 4.63. The molecule has 0 aliphatic carbocycles. The first-order chi connectivity index (χ1) is 14.1. The number of aliphatic hydroxyl groups excluding tert-OH is 1. The molecule has 3 rings (SSSR count). The minimum atomic E-state index is -0.742. The molecule has 2 fully saturated rings. The Hall–Kier alpha value is -2.49. The molecule has 10 heteroatoms. The predicted molar refractivity (Wildman–Crippen MR) is 108 cm³/mol. The van der Waals surface area contributed by atoms with Crippen LogP contribution in [-0.2, 0) is 20.9 Å². The van der Waals surface area contributed by atoms with Gasteiger partial charge in [-0.05, 0) is 18.3 Å². The van der Waals surface area contributed by atoms with Crippen LogP contribution in [0.25, 0.3) is 0 Å². The summed E-state index contributed by atoms with van der Waals surface area (Å²) in [5.41, 5.74) is 0.112. The van der Waals surface area contributed by atoms with E-state index >= 15 is 0 Å². The lowest BCUT2D eigenvalue weighted by atomic mass is 9.85. The number of hydrogen-bond donors (Lipinski definition) is 2. The van der Waals surface area contributed by atoms with Gasteiger partial charge in [0, 0.05) is 33.0 Å². The van der Waals surface area contributed by atoms with Gasteiger partial charge >= 0.3 is 0 Å². The zero-order chi connectivity index (χ0) is 22.1. The highest BCUT2D eigenvalue weighted by atomic mass is 16.3. The number of nitrogens with one attached hydrogen (secondary N) is 1. The van der Waals surface area contributed by atoms with E-state index in [4.69, 9.17) is 0 Å². The number of rotatable bonds is 5. The Balaban J connectivity index is 1.83. The highest BCUT2D eigenvalue weighted by molar-refractivity contribution is 5.90. The van der Waals surface area contributed by atoms with Crippen molar-refractivity contribution in [1.82, 2.24) is 30.1 Å². The quantitative estimate of drug-likeness (QED) is 0.696. The van der Waals surface area contributed by atoms with Crippen LogP contribution < -0.4 is 5.32 Å². The summed E-state index contributed by atoms with van der Waals surface area (Å²) in [5, 5.41) is 21.0. The van der Waals surface area contributed by atoms with Crippen molar-refractivity contribution in [3.8, 4) is 0 Å². The number of likely N-dealkylation sites (tertiary alicyclic amines) is 2. The van der Waals surface area contributed by atoms with Crippen LogP contribution in [0.2, 0.25) is 0 Å². The highest BCUT2D eigenvalue weighted by Gasteiger charge is 2.45. The lowest BCUT2D eigenvalue weighted by Gasteiger charge is -2.34. The normalized spacial score (nSPS) is 23.6. The fraction of sp³-hybridized carbons (Fsp3) is 0.750. The fourth-order valence-corrected chi connectivity index (χ4v) is 4.25. The highest BCUT2D eigenvalue weighted by Crippen LogP contribution is 2.34. The molecule has 2 N–H and O–H groups in total. The van der Waals surface area contributed by atoms with Gasteiger partial charge < -0.3 is 20.2 Å². The van der Waals surface area contributed by atoms with Crippen molar-refractivity contribution in [2.45, 2.75) is 71.2 Å². The zero-order valence-electron chi connectivity index (χ0n) is 18.2. The number of likely N-dealkylation sites (N-methyl/N-ethyl adjacent to an activating group) is 1. The molecule has 3 heterocycles. The molecule has 3 atom stereocenters. The van der Waals surface area contributed by atoms with E-state index < -0.39 is 23.6 Å². The van der Waals surface area contributed by atoms with E-state index in [-0.39, 0.29) is 30.7 Å². The molecule has 0 radical (unpaired) electrons. The van der Waals surface area contributed by atoms with Gasteiger partial charge in [-0.15, -0.1) is 5.10 Å². The number of carbonyl (C=O) groups is 3. The molecule has 30 heavy (non-hydrogen) atoms. The molecule has 166 valence electrons. The van der Waals surface area contributed by atoms with Crippen LogP contribution in [-0.4, -0.2) is 79.9 Å². The second-order valence-electron chi connectivity index (χ2n) is 9.24. The molecule has 1 aromatic heterocycles. The number of carbonyl (C=O) groups excluding carboxylic acids is 3. The molecule has 2 aliphatic rings. The number of amides is 3. The van der Waals surface area contributed by atoms with Crippen molar-refractivity contribution in [2.24, 2.45) is 5.41 Å². The first kappa shape index (κ1) is 22.2. The van der Waals surface area contributed by atoms with E-state index in [1.165, 1.54) is 16.6 Å².